The van der Waals surface area contributed by atoms with Gasteiger partial charge in [0, 0.05) is 15.4 Å². The van der Waals surface area contributed by atoms with Gasteiger partial charge in [-0.15, -0.1) is 0 Å². The molecule has 3 nitrogen and oxygen atoms in total. The zero-order chi connectivity index (χ0) is 15.5. The molecule has 0 atom stereocenters. The molecule has 0 aromatic heterocycles. The zero-order valence-corrected chi connectivity index (χ0v) is 11.4. The SMILES string of the molecule is N/C(=N/O)c1cc(Sc2ccccc2)ccc1C(F)(F)F. The molecule has 0 aliphatic carbocycles. The zero-order valence-electron chi connectivity index (χ0n) is 10.6. The van der Waals surface area contributed by atoms with Gasteiger partial charge in [-0.3, -0.25) is 0 Å². The number of hydrogen-bond donors (Lipinski definition) is 2. The molecule has 0 aliphatic rings. The second-order valence-electron chi connectivity index (χ2n) is 4.11. The Kier molecular flexibility index (Phi) is 4.42. The van der Waals surface area contributed by atoms with Crippen LogP contribution in [0.25, 0.3) is 0 Å². The van der Waals surface area contributed by atoms with E-state index in [1.807, 2.05) is 30.3 Å². The van der Waals surface area contributed by atoms with Crippen molar-refractivity contribution >= 4 is 17.6 Å². The highest BCUT2D eigenvalue weighted by Crippen LogP contribution is 2.35. The molecule has 0 amide bonds. The third-order valence-corrected chi connectivity index (χ3v) is 3.66. The predicted octanol–water partition coefficient (Wildman–Crippen LogP) is 3.95. The number of hydrogen-bond acceptors (Lipinski definition) is 3. The minimum Gasteiger partial charge on any atom is -0.409 e. The van der Waals surface area contributed by atoms with Crippen LogP contribution in [0, 0.1) is 0 Å². The monoisotopic (exact) mass is 312 g/mol. The maximum absolute atomic E-state index is 12.9. The van der Waals surface area contributed by atoms with Crippen LogP contribution in [0.2, 0.25) is 0 Å². The van der Waals surface area contributed by atoms with Crippen molar-refractivity contribution in [2.75, 3.05) is 0 Å². The van der Waals surface area contributed by atoms with E-state index in [0.29, 0.717) is 4.90 Å². The second-order valence-corrected chi connectivity index (χ2v) is 5.25. The van der Waals surface area contributed by atoms with E-state index >= 15 is 0 Å². The molecule has 0 saturated carbocycles. The Labute approximate surface area is 123 Å². The Bertz CT molecular complexity index is 657. The molecule has 2 aromatic carbocycles. The molecule has 0 bridgehead atoms. The first kappa shape index (κ1) is 15.2. The first-order valence-electron chi connectivity index (χ1n) is 5.84. The lowest BCUT2D eigenvalue weighted by atomic mass is 10.1. The molecule has 0 saturated heterocycles. The number of oxime groups is 1. The maximum atomic E-state index is 12.9. The lowest BCUT2D eigenvalue weighted by Gasteiger charge is -2.13. The molecule has 0 heterocycles. The highest BCUT2D eigenvalue weighted by Gasteiger charge is 2.34. The van der Waals surface area contributed by atoms with Crippen molar-refractivity contribution in [3.8, 4) is 0 Å². The summed E-state index contributed by atoms with van der Waals surface area (Å²) in [5.41, 5.74) is 4.07. The van der Waals surface area contributed by atoms with Gasteiger partial charge in [-0.25, -0.2) is 0 Å². The van der Waals surface area contributed by atoms with Gasteiger partial charge in [-0.1, -0.05) is 35.1 Å². The molecule has 2 rings (SSSR count). The Balaban J connectivity index is 2.43. The standard InChI is InChI=1S/C14H11F3N2OS/c15-14(16,17)12-7-6-10(8-11(12)13(18)19-20)21-9-4-2-1-3-5-9/h1-8,20H,(H2,18,19). The molecule has 3 N–H and O–H groups in total. The second kappa shape index (κ2) is 6.09. The first-order chi connectivity index (χ1) is 9.91. The molecular formula is C14H11F3N2OS. The Morgan fingerprint density at radius 1 is 1.05 bits per heavy atom. The summed E-state index contributed by atoms with van der Waals surface area (Å²) in [7, 11) is 0. The summed E-state index contributed by atoms with van der Waals surface area (Å²) in [4.78, 5) is 1.44. The number of benzene rings is 2. The summed E-state index contributed by atoms with van der Waals surface area (Å²) in [5, 5.41) is 11.3. The van der Waals surface area contributed by atoms with Crippen LogP contribution in [0.3, 0.4) is 0 Å². The number of amidine groups is 1. The molecule has 21 heavy (non-hydrogen) atoms. The van der Waals surface area contributed by atoms with Gasteiger partial charge < -0.3 is 10.9 Å². The van der Waals surface area contributed by atoms with E-state index in [0.717, 1.165) is 11.0 Å². The summed E-state index contributed by atoms with van der Waals surface area (Å²) < 4.78 is 38.7. The van der Waals surface area contributed by atoms with Crippen molar-refractivity contribution in [3.05, 3.63) is 59.7 Å². The third kappa shape index (κ3) is 3.69. The first-order valence-corrected chi connectivity index (χ1v) is 6.65. The van der Waals surface area contributed by atoms with Crippen LogP contribution in [0.15, 0.2) is 63.5 Å². The summed E-state index contributed by atoms with van der Waals surface area (Å²) in [5.74, 6) is -0.571. The van der Waals surface area contributed by atoms with E-state index < -0.39 is 17.6 Å². The van der Waals surface area contributed by atoms with Gasteiger partial charge in [0.15, 0.2) is 5.84 Å². The molecule has 0 spiro atoms. The molecule has 110 valence electrons. The van der Waals surface area contributed by atoms with Crippen molar-refractivity contribution in [2.45, 2.75) is 16.0 Å². The molecule has 0 radical (unpaired) electrons. The number of rotatable bonds is 3. The average molecular weight is 312 g/mol. The number of nitrogens with zero attached hydrogens (tertiary/aromatic N) is 1. The molecule has 0 aliphatic heterocycles. The van der Waals surface area contributed by atoms with E-state index in [1.165, 1.54) is 23.9 Å². The summed E-state index contributed by atoms with van der Waals surface area (Å²) in [6, 6.07) is 12.7. The minimum atomic E-state index is -4.57. The summed E-state index contributed by atoms with van der Waals surface area (Å²) in [6.07, 6.45) is -4.57. The van der Waals surface area contributed by atoms with Gasteiger partial charge in [0.1, 0.15) is 0 Å². The summed E-state index contributed by atoms with van der Waals surface area (Å²) in [6.45, 7) is 0. The van der Waals surface area contributed by atoms with Gasteiger partial charge >= 0.3 is 6.18 Å². The Morgan fingerprint density at radius 3 is 2.29 bits per heavy atom. The number of halogens is 3. The largest absolute Gasteiger partial charge is 0.417 e. The van der Waals surface area contributed by atoms with E-state index in [-0.39, 0.29) is 5.56 Å². The van der Waals surface area contributed by atoms with Gasteiger partial charge in [0.2, 0.25) is 0 Å². The van der Waals surface area contributed by atoms with E-state index in [1.54, 1.807) is 0 Å². The van der Waals surface area contributed by atoms with Crippen molar-refractivity contribution < 1.29 is 18.4 Å². The van der Waals surface area contributed by atoms with E-state index in [4.69, 9.17) is 10.9 Å². The number of nitrogens with two attached hydrogens (primary N) is 1. The van der Waals surface area contributed by atoms with Crippen LogP contribution in [-0.2, 0) is 6.18 Å². The van der Waals surface area contributed by atoms with E-state index in [2.05, 4.69) is 5.16 Å². The van der Waals surface area contributed by atoms with Crippen molar-refractivity contribution in [3.63, 3.8) is 0 Å². The van der Waals surface area contributed by atoms with E-state index in [9.17, 15) is 13.2 Å². The van der Waals surface area contributed by atoms with Gasteiger partial charge in [-0.05, 0) is 30.3 Å². The van der Waals surface area contributed by atoms with Crippen LogP contribution in [-0.4, -0.2) is 11.0 Å². The highest BCUT2D eigenvalue weighted by atomic mass is 32.2. The van der Waals surface area contributed by atoms with Crippen LogP contribution in [0.5, 0.6) is 0 Å². The number of alkyl halides is 3. The lowest BCUT2D eigenvalue weighted by molar-refractivity contribution is -0.137. The topological polar surface area (TPSA) is 58.6 Å². The molecule has 7 heteroatoms. The highest BCUT2D eigenvalue weighted by molar-refractivity contribution is 7.99. The molecular weight excluding hydrogens is 301 g/mol. The van der Waals surface area contributed by atoms with Crippen LogP contribution in [0.1, 0.15) is 11.1 Å². The van der Waals surface area contributed by atoms with Crippen LogP contribution < -0.4 is 5.73 Å². The fraction of sp³-hybridized carbons (Fsp3) is 0.0714. The lowest BCUT2D eigenvalue weighted by Crippen LogP contribution is -2.20. The molecule has 2 aromatic rings. The van der Waals surface area contributed by atoms with Gasteiger partial charge in [-0.2, -0.15) is 13.2 Å². The normalized spacial score (nSPS) is 12.4. The molecule has 0 unspecified atom stereocenters. The Morgan fingerprint density at radius 2 is 1.71 bits per heavy atom. The fourth-order valence-electron chi connectivity index (χ4n) is 1.72. The Hall–Kier alpha value is -2.15. The van der Waals surface area contributed by atoms with Crippen molar-refractivity contribution in [2.24, 2.45) is 10.9 Å². The minimum absolute atomic E-state index is 0.342. The predicted molar refractivity (Wildman–Crippen MR) is 74.5 cm³/mol. The van der Waals surface area contributed by atoms with Gasteiger partial charge in [0.25, 0.3) is 0 Å². The third-order valence-electron chi connectivity index (χ3n) is 2.66. The van der Waals surface area contributed by atoms with Crippen LogP contribution in [0.4, 0.5) is 13.2 Å². The van der Waals surface area contributed by atoms with Crippen molar-refractivity contribution in [1.29, 1.82) is 0 Å². The van der Waals surface area contributed by atoms with Gasteiger partial charge in [0.05, 0.1) is 5.56 Å². The van der Waals surface area contributed by atoms with Crippen LogP contribution >= 0.6 is 11.8 Å². The maximum Gasteiger partial charge on any atom is 0.417 e. The summed E-state index contributed by atoms with van der Waals surface area (Å²) >= 11 is 1.29. The average Bonchev–Trinajstić information content (AvgIpc) is 2.46. The quantitative estimate of drug-likeness (QED) is 0.390. The van der Waals surface area contributed by atoms with Crippen molar-refractivity contribution in [1.82, 2.24) is 0 Å². The fourth-order valence-corrected chi connectivity index (χ4v) is 2.60. The smallest absolute Gasteiger partial charge is 0.409 e. The molecule has 0 fully saturated rings.